The lowest BCUT2D eigenvalue weighted by Crippen LogP contribution is -2.33. The largest absolute Gasteiger partial charge is 0.573 e. The fourth-order valence-electron chi connectivity index (χ4n) is 2.58. The van der Waals surface area contributed by atoms with Crippen LogP contribution in [0.5, 0.6) is 5.75 Å². The van der Waals surface area contributed by atoms with Gasteiger partial charge < -0.3 is 10.1 Å². The standard InChI is InChI=1S/C20H16F3N3O3/c21-20(22,23)29-17-9-5-4-8-15(17)12-24-18(27)13-26-19(28)11-10-16(25-26)14-6-2-1-3-7-14/h1-11H,12-13H2,(H,24,27). The number of carbonyl (C=O) groups is 1. The van der Waals surface area contributed by atoms with Crippen LogP contribution in [0.25, 0.3) is 11.3 Å². The molecule has 150 valence electrons. The van der Waals surface area contributed by atoms with E-state index in [9.17, 15) is 22.8 Å². The van der Waals surface area contributed by atoms with E-state index in [-0.39, 0.29) is 18.7 Å². The minimum atomic E-state index is -4.84. The van der Waals surface area contributed by atoms with E-state index in [4.69, 9.17) is 0 Å². The topological polar surface area (TPSA) is 73.2 Å². The monoisotopic (exact) mass is 403 g/mol. The predicted octanol–water partition coefficient (Wildman–Crippen LogP) is 3.13. The Hall–Kier alpha value is -3.62. The Bertz CT molecular complexity index is 1050. The molecule has 0 aliphatic rings. The van der Waals surface area contributed by atoms with Crippen molar-refractivity contribution < 1.29 is 22.7 Å². The number of alkyl halides is 3. The van der Waals surface area contributed by atoms with Crippen molar-refractivity contribution in [3.05, 3.63) is 82.6 Å². The van der Waals surface area contributed by atoms with Crippen LogP contribution < -0.4 is 15.6 Å². The number of nitrogens with one attached hydrogen (secondary N) is 1. The van der Waals surface area contributed by atoms with Gasteiger partial charge in [0.05, 0.1) is 5.69 Å². The second kappa shape index (κ2) is 8.59. The fourth-order valence-corrected chi connectivity index (χ4v) is 2.58. The van der Waals surface area contributed by atoms with E-state index in [1.54, 1.807) is 6.07 Å². The summed E-state index contributed by atoms with van der Waals surface area (Å²) in [5, 5.41) is 6.65. The molecule has 29 heavy (non-hydrogen) atoms. The van der Waals surface area contributed by atoms with E-state index in [1.807, 2.05) is 30.3 Å². The maximum atomic E-state index is 12.5. The van der Waals surface area contributed by atoms with Gasteiger partial charge in [0.1, 0.15) is 12.3 Å². The summed E-state index contributed by atoms with van der Waals surface area (Å²) in [4.78, 5) is 24.2. The Morgan fingerprint density at radius 2 is 1.69 bits per heavy atom. The molecule has 0 spiro atoms. The molecule has 0 radical (unpaired) electrons. The van der Waals surface area contributed by atoms with Crippen molar-refractivity contribution in [3.63, 3.8) is 0 Å². The molecule has 3 aromatic rings. The number of hydrogen-bond donors (Lipinski definition) is 1. The number of benzene rings is 2. The van der Waals surface area contributed by atoms with E-state index < -0.39 is 23.6 Å². The Kier molecular flexibility index (Phi) is 5.96. The number of para-hydroxylation sites is 1. The predicted molar refractivity (Wildman–Crippen MR) is 98.9 cm³/mol. The second-order valence-corrected chi connectivity index (χ2v) is 6.01. The number of halogens is 3. The molecule has 1 amide bonds. The normalized spacial score (nSPS) is 11.1. The van der Waals surface area contributed by atoms with Gasteiger partial charge in [-0.15, -0.1) is 13.2 Å². The first-order valence-corrected chi connectivity index (χ1v) is 8.56. The first-order chi connectivity index (χ1) is 13.8. The van der Waals surface area contributed by atoms with Crippen LogP contribution in [-0.4, -0.2) is 22.1 Å². The lowest BCUT2D eigenvalue weighted by molar-refractivity contribution is -0.274. The average Bonchev–Trinajstić information content (AvgIpc) is 2.68. The van der Waals surface area contributed by atoms with Gasteiger partial charge in [-0.3, -0.25) is 9.59 Å². The Morgan fingerprint density at radius 1 is 1.00 bits per heavy atom. The van der Waals surface area contributed by atoms with Crippen LogP contribution in [0.4, 0.5) is 13.2 Å². The third kappa shape index (κ3) is 5.68. The van der Waals surface area contributed by atoms with Gasteiger partial charge in [0, 0.05) is 23.7 Å². The molecule has 3 rings (SSSR count). The summed E-state index contributed by atoms with van der Waals surface area (Å²) < 4.78 is 42.4. The van der Waals surface area contributed by atoms with Gasteiger partial charge >= 0.3 is 6.36 Å². The molecule has 0 fully saturated rings. The van der Waals surface area contributed by atoms with E-state index in [2.05, 4.69) is 15.2 Å². The molecular formula is C20H16F3N3O3. The lowest BCUT2D eigenvalue weighted by atomic mass is 10.1. The third-order valence-corrected chi connectivity index (χ3v) is 3.90. The van der Waals surface area contributed by atoms with E-state index in [1.165, 1.54) is 24.3 Å². The smallest absolute Gasteiger partial charge is 0.405 e. The maximum Gasteiger partial charge on any atom is 0.573 e. The first-order valence-electron chi connectivity index (χ1n) is 8.56. The van der Waals surface area contributed by atoms with Crippen LogP contribution in [-0.2, 0) is 17.9 Å². The molecule has 9 heteroatoms. The van der Waals surface area contributed by atoms with E-state index in [0.717, 1.165) is 16.3 Å². The number of nitrogens with zero attached hydrogens (tertiary/aromatic N) is 2. The first kappa shape index (κ1) is 20.1. The lowest BCUT2D eigenvalue weighted by Gasteiger charge is -2.14. The van der Waals surface area contributed by atoms with Crippen LogP contribution in [0.2, 0.25) is 0 Å². The van der Waals surface area contributed by atoms with Crippen LogP contribution in [0.3, 0.4) is 0 Å². The number of ether oxygens (including phenoxy) is 1. The van der Waals surface area contributed by atoms with Gasteiger partial charge in [-0.1, -0.05) is 48.5 Å². The molecular weight excluding hydrogens is 387 g/mol. The van der Waals surface area contributed by atoms with Gasteiger partial charge in [-0.25, -0.2) is 4.68 Å². The minimum absolute atomic E-state index is 0.150. The molecule has 1 aromatic heterocycles. The average molecular weight is 403 g/mol. The highest BCUT2D eigenvalue weighted by molar-refractivity contribution is 5.75. The molecule has 0 unspecified atom stereocenters. The molecule has 6 nitrogen and oxygen atoms in total. The number of aromatic nitrogens is 2. The number of hydrogen-bond acceptors (Lipinski definition) is 4. The SMILES string of the molecule is O=C(Cn1nc(-c2ccccc2)ccc1=O)NCc1ccccc1OC(F)(F)F. The van der Waals surface area contributed by atoms with E-state index >= 15 is 0 Å². The van der Waals surface area contributed by atoms with Gasteiger partial charge in [0.15, 0.2) is 0 Å². The molecule has 0 saturated heterocycles. The summed E-state index contributed by atoms with van der Waals surface area (Å²) in [6.45, 7) is -0.569. The summed E-state index contributed by atoms with van der Waals surface area (Å²) in [5.74, 6) is -0.978. The Labute approximate surface area is 163 Å². The Balaban J connectivity index is 1.69. The molecule has 0 aliphatic carbocycles. The van der Waals surface area contributed by atoms with Crippen LogP contribution in [0, 0.1) is 0 Å². The van der Waals surface area contributed by atoms with Crippen LogP contribution in [0.15, 0.2) is 71.5 Å². The highest BCUT2D eigenvalue weighted by atomic mass is 19.4. The van der Waals surface area contributed by atoms with Crippen molar-refractivity contribution in [2.45, 2.75) is 19.5 Å². The molecule has 0 saturated carbocycles. The number of carbonyl (C=O) groups excluding carboxylic acids is 1. The number of rotatable bonds is 6. The van der Waals surface area contributed by atoms with Gasteiger partial charge in [0.2, 0.25) is 5.91 Å². The number of amides is 1. The Morgan fingerprint density at radius 3 is 2.41 bits per heavy atom. The van der Waals surface area contributed by atoms with E-state index in [0.29, 0.717) is 5.69 Å². The molecule has 0 atom stereocenters. The summed E-state index contributed by atoms with van der Waals surface area (Å²) in [6.07, 6.45) is -4.84. The van der Waals surface area contributed by atoms with Crippen molar-refractivity contribution in [3.8, 4) is 17.0 Å². The molecule has 1 N–H and O–H groups in total. The summed E-state index contributed by atoms with van der Waals surface area (Å²) >= 11 is 0. The highest BCUT2D eigenvalue weighted by Gasteiger charge is 2.31. The van der Waals surface area contributed by atoms with Crippen molar-refractivity contribution in [2.75, 3.05) is 0 Å². The minimum Gasteiger partial charge on any atom is -0.405 e. The zero-order valence-electron chi connectivity index (χ0n) is 15.0. The van der Waals surface area contributed by atoms with Crippen molar-refractivity contribution in [1.29, 1.82) is 0 Å². The van der Waals surface area contributed by atoms with Gasteiger partial charge in [0.25, 0.3) is 5.56 Å². The second-order valence-electron chi connectivity index (χ2n) is 6.01. The summed E-state index contributed by atoms with van der Waals surface area (Å²) in [6, 6.07) is 17.4. The summed E-state index contributed by atoms with van der Waals surface area (Å²) in [5.41, 5.74) is 0.971. The highest BCUT2D eigenvalue weighted by Crippen LogP contribution is 2.26. The molecule has 1 heterocycles. The molecule has 0 bridgehead atoms. The van der Waals surface area contributed by atoms with Crippen molar-refractivity contribution in [2.24, 2.45) is 0 Å². The molecule has 0 aliphatic heterocycles. The fraction of sp³-hybridized carbons (Fsp3) is 0.150. The maximum absolute atomic E-state index is 12.5. The molecule has 2 aromatic carbocycles. The summed E-state index contributed by atoms with van der Waals surface area (Å²) in [7, 11) is 0. The van der Waals surface area contributed by atoms with Gasteiger partial charge in [-0.2, -0.15) is 5.10 Å². The van der Waals surface area contributed by atoms with Crippen LogP contribution >= 0.6 is 0 Å². The zero-order valence-corrected chi connectivity index (χ0v) is 15.0. The van der Waals surface area contributed by atoms with Crippen molar-refractivity contribution >= 4 is 5.91 Å². The third-order valence-electron chi connectivity index (χ3n) is 3.90. The van der Waals surface area contributed by atoms with Gasteiger partial charge in [-0.05, 0) is 12.1 Å². The van der Waals surface area contributed by atoms with Crippen LogP contribution in [0.1, 0.15) is 5.56 Å². The quantitative estimate of drug-likeness (QED) is 0.687. The van der Waals surface area contributed by atoms with Crippen molar-refractivity contribution in [1.82, 2.24) is 15.1 Å². The zero-order chi connectivity index (χ0) is 20.9.